The SMILES string of the molecule is O=C1CCCCCC1Cc1csc2ccccc12. The number of thiophene rings is 1. The highest BCUT2D eigenvalue weighted by molar-refractivity contribution is 7.17. The zero-order valence-electron chi connectivity index (χ0n) is 10.5. The zero-order chi connectivity index (χ0) is 12.4. The fraction of sp³-hybridized carbons (Fsp3) is 0.438. The average molecular weight is 258 g/mol. The third-order valence-electron chi connectivity index (χ3n) is 3.96. The minimum atomic E-state index is 0.269. The molecule has 1 atom stereocenters. The molecule has 2 heteroatoms. The summed E-state index contributed by atoms with van der Waals surface area (Å²) in [6, 6.07) is 8.52. The van der Waals surface area contributed by atoms with E-state index in [4.69, 9.17) is 0 Å². The van der Waals surface area contributed by atoms with Crippen LogP contribution >= 0.6 is 11.3 Å². The molecule has 1 nitrogen and oxygen atoms in total. The summed E-state index contributed by atoms with van der Waals surface area (Å²) in [5.74, 6) is 0.758. The lowest BCUT2D eigenvalue weighted by molar-refractivity contribution is -0.122. The third kappa shape index (κ3) is 2.35. The van der Waals surface area contributed by atoms with Crippen molar-refractivity contribution < 1.29 is 4.79 Å². The Hall–Kier alpha value is -1.15. The predicted octanol–water partition coefficient (Wildman–Crippen LogP) is 4.59. The predicted molar refractivity (Wildman–Crippen MR) is 77.1 cm³/mol. The number of carbonyl (C=O) groups excluding carboxylic acids is 1. The van der Waals surface area contributed by atoms with Crippen molar-refractivity contribution in [3.63, 3.8) is 0 Å². The Labute approximate surface area is 112 Å². The molecule has 18 heavy (non-hydrogen) atoms. The van der Waals surface area contributed by atoms with Gasteiger partial charge in [0.15, 0.2) is 0 Å². The molecule has 1 aromatic carbocycles. The maximum atomic E-state index is 12.1. The van der Waals surface area contributed by atoms with Crippen molar-refractivity contribution >= 4 is 27.2 Å². The molecular formula is C16H18OS. The fourth-order valence-corrected chi connectivity index (χ4v) is 3.88. The number of hydrogen-bond donors (Lipinski definition) is 0. The summed E-state index contributed by atoms with van der Waals surface area (Å²) in [5.41, 5.74) is 1.37. The standard InChI is InChI=1S/C16H18OS/c17-15-8-3-1-2-6-12(15)10-13-11-18-16-9-5-4-7-14(13)16/h4-5,7,9,11-12H,1-3,6,8,10H2. The first-order chi connectivity index (χ1) is 8.84. The van der Waals surface area contributed by atoms with E-state index >= 15 is 0 Å². The number of Topliss-reactive ketones (excluding diaryl/α,β-unsaturated/α-hetero) is 1. The Morgan fingerprint density at radius 3 is 3.00 bits per heavy atom. The van der Waals surface area contributed by atoms with Crippen LogP contribution in [-0.2, 0) is 11.2 Å². The number of benzene rings is 1. The summed E-state index contributed by atoms with van der Waals surface area (Å²) in [4.78, 5) is 12.1. The molecule has 1 fully saturated rings. The van der Waals surface area contributed by atoms with Gasteiger partial charge >= 0.3 is 0 Å². The lowest BCUT2D eigenvalue weighted by Gasteiger charge is -2.12. The van der Waals surface area contributed by atoms with Crippen LogP contribution in [0.1, 0.15) is 37.7 Å². The van der Waals surface area contributed by atoms with Crippen molar-refractivity contribution in [1.29, 1.82) is 0 Å². The van der Waals surface area contributed by atoms with E-state index in [9.17, 15) is 4.79 Å². The van der Waals surface area contributed by atoms with Gasteiger partial charge in [-0.1, -0.05) is 31.0 Å². The van der Waals surface area contributed by atoms with Crippen LogP contribution in [0.15, 0.2) is 29.6 Å². The van der Waals surface area contributed by atoms with Gasteiger partial charge in [0, 0.05) is 17.0 Å². The Kier molecular flexibility index (Phi) is 3.46. The molecule has 0 saturated heterocycles. The highest BCUT2D eigenvalue weighted by Crippen LogP contribution is 2.30. The van der Waals surface area contributed by atoms with Gasteiger partial charge in [0.2, 0.25) is 0 Å². The van der Waals surface area contributed by atoms with Gasteiger partial charge in [-0.2, -0.15) is 0 Å². The summed E-state index contributed by atoms with van der Waals surface area (Å²) in [6.07, 6.45) is 6.38. The van der Waals surface area contributed by atoms with Crippen molar-refractivity contribution in [1.82, 2.24) is 0 Å². The lowest BCUT2D eigenvalue weighted by atomic mass is 9.91. The summed E-state index contributed by atoms with van der Waals surface area (Å²) in [7, 11) is 0. The van der Waals surface area contributed by atoms with E-state index in [1.165, 1.54) is 28.5 Å². The van der Waals surface area contributed by atoms with E-state index in [0.717, 1.165) is 25.7 Å². The first kappa shape index (κ1) is 11.9. The molecule has 1 aliphatic rings. The Bertz CT molecular complexity index is 555. The fourth-order valence-electron chi connectivity index (χ4n) is 2.90. The first-order valence-electron chi connectivity index (χ1n) is 6.82. The highest BCUT2D eigenvalue weighted by Gasteiger charge is 2.21. The molecule has 0 bridgehead atoms. The van der Waals surface area contributed by atoms with Crippen LogP contribution in [-0.4, -0.2) is 5.78 Å². The molecule has 1 aliphatic carbocycles. The van der Waals surface area contributed by atoms with Crippen LogP contribution in [0.25, 0.3) is 10.1 Å². The number of fused-ring (bicyclic) bond motifs is 1. The maximum absolute atomic E-state index is 12.1. The molecule has 94 valence electrons. The number of carbonyl (C=O) groups is 1. The third-order valence-corrected chi connectivity index (χ3v) is 4.97. The van der Waals surface area contributed by atoms with Crippen LogP contribution in [0.4, 0.5) is 0 Å². The van der Waals surface area contributed by atoms with Gasteiger partial charge in [0.1, 0.15) is 5.78 Å². The molecule has 0 radical (unpaired) electrons. The van der Waals surface area contributed by atoms with Gasteiger partial charge in [-0.3, -0.25) is 4.79 Å². The summed E-state index contributed by atoms with van der Waals surface area (Å²) in [6.45, 7) is 0. The number of rotatable bonds is 2. The van der Waals surface area contributed by atoms with Gasteiger partial charge < -0.3 is 0 Å². The van der Waals surface area contributed by atoms with Gasteiger partial charge in [-0.05, 0) is 41.7 Å². The normalized spacial score (nSPS) is 21.1. The van der Waals surface area contributed by atoms with Crippen molar-refractivity contribution in [2.45, 2.75) is 38.5 Å². The zero-order valence-corrected chi connectivity index (χ0v) is 11.3. The van der Waals surface area contributed by atoms with Crippen molar-refractivity contribution in [2.75, 3.05) is 0 Å². The van der Waals surface area contributed by atoms with E-state index in [-0.39, 0.29) is 5.92 Å². The molecule has 1 aromatic heterocycles. The molecular weight excluding hydrogens is 240 g/mol. The average Bonchev–Trinajstić information content (AvgIpc) is 2.69. The summed E-state index contributed by atoms with van der Waals surface area (Å²) < 4.78 is 1.34. The molecule has 1 heterocycles. The highest BCUT2D eigenvalue weighted by atomic mass is 32.1. The minimum absolute atomic E-state index is 0.269. The van der Waals surface area contributed by atoms with Crippen LogP contribution < -0.4 is 0 Å². The number of hydrogen-bond acceptors (Lipinski definition) is 2. The van der Waals surface area contributed by atoms with E-state index in [2.05, 4.69) is 29.6 Å². The van der Waals surface area contributed by atoms with Crippen LogP contribution in [0, 0.1) is 5.92 Å². The van der Waals surface area contributed by atoms with Gasteiger partial charge in [0.05, 0.1) is 0 Å². The smallest absolute Gasteiger partial charge is 0.136 e. The molecule has 0 N–H and O–H groups in total. The largest absolute Gasteiger partial charge is 0.299 e. The van der Waals surface area contributed by atoms with E-state index in [1.807, 2.05) is 0 Å². The minimum Gasteiger partial charge on any atom is -0.299 e. The molecule has 1 unspecified atom stereocenters. The van der Waals surface area contributed by atoms with Gasteiger partial charge in [0.25, 0.3) is 0 Å². The maximum Gasteiger partial charge on any atom is 0.136 e. The van der Waals surface area contributed by atoms with E-state index < -0.39 is 0 Å². The Balaban J connectivity index is 1.85. The Morgan fingerprint density at radius 1 is 1.17 bits per heavy atom. The molecule has 1 saturated carbocycles. The van der Waals surface area contributed by atoms with Crippen molar-refractivity contribution in [3.05, 3.63) is 35.2 Å². The van der Waals surface area contributed by atoms with Crippen LogP contribution in [0.5, 0.6) is 0 Å². The van der Waals surface area contributed by atoms with Crippen LogP contribution in [0.3, 0.4) is 0 Å². The summed E-state index contributed by atoms with van der Waals surface area (Å²) >= 11 is 1.80. The molecule has 2 aromatic rings. The Morgan fingerprint density at radius 2 is 2.06 bits per heavy atom. The van der Waals surface area contributed by atoms with Gasteiger partial charge in [-0.15, -0.1) is 11.3 Å². The van der Waals surface area contributed by atoms with Crippen LogP contribution in [0.2, 0.25) is 0 Å². The second-order valence-corrected chi connectivity index (χ2v) is 6.14. The first-order valence-corrected chi connectivity index (χ1v) is 7.70. The second kappa shape index (κ2) is 5.23. The van der Waals surface area contributed by atoms with Gasteiger partial charge in [-0.25, -0.2) is 0 Å². The lowest BCUT2D eigenvalue weighted by Crippen LogP contribution is -2.15. The van der Waals surface area contributed by atoms with Crippen molar-refractivity contribution in [2.24, 2.45) is 5.92 Å². The quantitative estimate of drug-likeness (QED) is 0.720. The topological polar surface area (TPSA) is 17.1 Å². The monoisotopic (exact) mass is 258 g/mol. The molecule has 0 aliphatic heterocycles. The molecule has 3 rings (SSSR count). The van der Waals surface area contributed by atoms with E-state index in [0.29, 0.717) is 5.78 Å². The summed E-state index contributed by atoms with van der Waals surface area (Å²) in [5, 5.41) is 3.59. The molecule has 0 amide bonds. The molecule has 0 spiro atoms. The van der Waals surface area contributed by atoms with Crippen molar-refractivity contribution in [3.8, 4) is 0 Å². The number of ketones is 1. The van der Waals surface area contributed by atoms with E-state index in [1.54, 1.807) is 11.3 Å². The second-order valence-electron chi connectivity index (χ2n) is 5.22.